The van der Waals surface area contributed by atoms with E-state index in [0.29, 0.717) is 42.7 Å². The number of nitrogens with zero attached hydrogens (tertiary/aromatic N) is 5. The Balaban J connectivity index is 1.20. The highest BCUT2D eigenvalue weighted by molar-refractivity contribution is 6.33. The second kappa shape index (κ2) is 10.7. The van der Waals surface area contributed by atoms with Crippen molar-refractivity contribution in [2.45, 2.75) is 6.54 Å². The van der Waals surface area contributed by atoms with Crippen molar-refractivity contribution in [3.8, 4) is 11.3 Å². The Labute approximate surface area is 212 Å². The van der Waals surface area contributed by atoms with Crippen LogP contribution in [0.3, 0.4) is 0 Å². The number of halogens is 1. The molecule has 4 heterocycles. The molecule has 0 N–H and O–H groups in total. The van der Waals surface area contributed by atoms with Crippen molar-refractivity contribution in [3.63, 3.8) is 0 Å². The van der Waals surface area contributed by atoms with Gasteiger partial charge in [0.15, 0.2) is 11.6 Å². The van der Waals surface area contributed by atoms with Crippen molar-refractivity contribution >= 4 is 29.2 Å². The van der Waals surface area contributed by atoms with E-state index in [1.807, 2.05) is 36.4 Å². The molecule has 2 amide bonds. The molecule has 1 saturated heterocycles. The minimum Gasteiger partial charge on any atom is -0.467 e. The average molecular weight is 506 g/mol. The van der Waals surface area contributed by atoms with Gasteiger partial charge < -0.3 is 23.5 Å². The third kappa shape index (κ3) is 5.26. The molecule has 0 saturated carbocycles. The molecule has 1 aliphatic heterocycles. The molecule has 1 aromatic carbocycles. The number of hydrogen-bond donors (Lipinski definition) is 0. The van der Waals surface area contributed by atoms with Crippen molar-refractivity contribution in [2.75, 3.05) is 37.6 Å². The maximum absolute atomic E-state index is 13.1. The number of aromatic nitrogens is 2. The van der Waals surface area contributed by atoms with Crippen molar-refractivity contribution in [2.24, 2.45) is 0 Å². The van der Waals surface area contributed by atoms with Crippen molar-refractivity contribution < 1.29 is 18.4 Å². The molecule has 36 heavy (non-hydrogen) atoms. The summed E-state index contributed by atoms with van der Waals surface area (Å²) in [6.07, 6.45) is 2.97. The fourth-order valence-electron chi connectivity index (χ4n) is 4.10. The Hall–Kier alpha value is -4.11. The van der Waals surface area contributed by atoms with E-state index >= 15 is 0 Å². The lowest BCUT2D eigenvalue weighted by Crippen LogP contribution is -2.52. The monoisotopic (exact) mass is 505 g/mol. The maximum Gasteiger partial charge on any atom is 0.290 e. The van der Waals surface area contributed by atoms with Gasteiger partial charge in [0.1, 0.15) is 12.3 Å². The summed E-state index contributed by atoms with van der Waals surface area (Å²) in [5.74, 6) is 1.01. The first-order chi connectivity index (χ1) is 17.6. The van der Waals surface area contributed by atoms with Gasteiger partial charge in [-0.15, -0.1) is 10.2 Å². The van der Waals surface area contributed by atoms with E-state index in [1.165, 1.54) is 17.4 Å². The number of benzene rings is 1. The number of amides is 2. The summed E-state index contributed by atoms with van der Waals surface area (Å²) >= 11 is 6.27. The Bertz CT molecular complexity index is 1300. The molecule has 1 aliphatic rings. The summed E-state index contributed by atoms with van der Waals surface area (Å²) in [4.78, 5) is 31.3. The van der Waals surface area contributed by atoms with Crippen LogP contribution in [-0.2, 0) is 11.3 Å². The number of carbonyl (C=O) groups excluding carboxylic acids is 2. The van der Waals surface area contributed by atoms with E-state index in [-0.39, 0.29) is 30.7 Å². The zero-order valence-electron chi connectivity index (χ0n) is 19.4. The van der Waals surface area contributed by atoms with E-state index < -0.39 is 0 Å². The second-order valence-corrected chi connectivity index (χ2v) is 8.75. The molecule has 3 aromatic heterocycles. The fourth-order valence-corrected chi connectivity index (χ4v) is 4.33. The molecule has 5 rings (SSSR count). The summed E-state index contributed by atoms with van der Waals surface area (Å²) < 4.78 is 10.6. The standard InChI is InChI=1S/C26H24ClN5O4/c27-21-7-2-1-6-20(21)22-9-10-24(29-28-22)30-11-13-31(14-12-30)25(33)18-32(17-19-5-3-15-35-19)26(34)23-8-4-16-36-23/h1-10,15-16H,11-14,17-18H2. The average Bonchev–Trinajstić information content (AvgIpc) is 3.63. The quantitative estimate of drug-likeness (QED) is 0.375. The summed E-state index contributed by atoms with van der Waals surface area (Å²) in [5, 5.41) is 9.33. The highest BCUT2D eigenvalue weighted by Gasteiger charge is 2.27. The first-order valence-electron chi connectivity index (χ1n) is 11.5. The number of furan rings is 2. The molecular formula is C26H24ClN5O4. The van der Waals surface area contributed by atoms with Gasteiger partial charge in [-0.1, -0.05) is 29.8 Å². The zero-order chi connectivity index (χ0) is 24.9. The second-order valence-electron chi connectivity index (χ2n) is 8.34. The number of anilines is 1. The van der Waals surface area contributed by atoms with E-state index in [2.05, 4.69) is 15.1 Å². The lowest BCUT2D eigenvalue weighted by Gasteiger charge is -2.36. The topological polar surface area (TPSA) is 95.9 Å². The first kappa shape index (κ1) is 23.6. The van der Waals surface area contributed by atoms with Crippen molar-refractivity contribution in [3.05, 3.63) is 89.7 Å². The number of carbonyl (C=O) groups is 2. The summed E-state index contributed by atoms with van der Waals surface area (Å²) in [6, 6.07) is 18.1. The van der Waals surface area contributed by atoms with Gasteiger partial charge in [0.2, 0.25) is 5.91 Å². The normalized spacial score (nSPS) is 13.6. The smallest absolute Gasteiger partial charge is 0.290 e. The third-order valence-electron chi connectivity index (χ3n) is 6.03. The highest BCUT2D eigenvalue weighted by Crippen LogP contribution is 2.26. The highest BCUT2D eigenvalue weighted by atomic mass is 35.5. The van der Waals surface area contributed by atoms with Crippen LogP contribution in [0.15, 0.2) is 82.0 Å². The van der Waals surface area contributed by atoms with Crippen LogP contribution >= 0.6 is 11.6 Å². The van der Waals surface area contributed by atoms with E-state index in [4.69, 9.17) is 20.4 Å². The van der Waals surface area contributed by atoms with Gasteiger partial charge in [-0.05, 0) is 42.5 Å². The molecule has 0 aliphatic carbocycles. The molecule has 0 radical (unpaired) electrons. The minimum absolute atomic E-state index is 0.0768. The Morgan fingerprint density at radius 3 is 2.33 bits per heavy atom. The predicted octanol–water partition coefficient (Wildman–Crippen LogP) is 3.97. The largest absolute Gasteiger partial charge is 0.467 e. The summed E-state index contributed by atoms with van der Waals surface area (Å²) in [6.45, 7) is 2.33. The van der Waals surface area contributed by atoms with Crippen LogP contribution in [-0.4, -0.2) is 64.5 Å². The van der Waals surface area contributed by atoms with Crippen molar-refractivity contribution in [1.29, 1.82) is 0 Å². The van der Waals surface area contributed by atoms with Crippen molar-refractivity contribution in [1.82, 2.24) is 20.0 Å². The summed E-state index contributed by atoms with van der Waals surface area (Å²) in [7, 11) is 0. The minimum atomic E-state index is -0.364. The lowest BCUT2D eigenvalue weighted by molar-refractivity contribution is -0.132. The van der Waals surface area contributed by atoms with E-state index in [1.54, 1.807) is 29.2 Å². The lowest BCUT2D eigenvalue weighted by atomic mass is 10.1. The van der Waals surface area contributed by atoms with Gasteiger partial charge in [0.05, 0.1) is 29.8 Å². The zero-order valence-corrected chi connectivity index (χ0v) is 20.2. The van der Waals surface area contributed by atoms with E-state index in [0.717, 1.165) is 11.4 Å². The van der Waals surface area contributed by atoms with Crippen LogP contribution in [0.1, 0.15) is 16.3 Å². The Morgan fingerprint density at radius 1 is 0.889 bits per heavy atom. The Morgan fingerprint density at radius 2 is 1.67 bits per heavy atom. The number of piperazine rings is 1. The van der Waals surface area contributed by atoms with Gasteiger partial charge in [0, 0.05) is 31.7 Å². The van der Waals surface area contributed by atoms with Crippen LogP contribution in [0.5, 0.6) is 0 Å². The third-order valence-corrected chi connectivity index (χ3v) is 6.36. The molecular weight excluding hydrogens is 482 g/mol. The molecule has 184 valence electrons. The van der Waals surface area contributed by atoms with Gasteiger partial charge in [-0.25, -0.2) is 0 Å². The maximum atomic E-state index is 13.1. The number of hydrogen-bond acceptors (Lipinski definition) is 7. The van der Waals surface area contributed by atoms with Gasteiger partial charge in [-0.2, -0.15) is 0 Å². The molecule has 0 atom stereocenters. The molecule has 4 aromatic rings. The van der Waals surface area contributed by atoms with Crippen LogP contribution < -0.4 is 4.90 Å². The summed E-state index contributed by atoms with van der Waals surface area (Å²) in [5.41, 5.74) is 1.54. The molecule has 0 bridgehead atoms. The fraction of sp³-hybridized carbons (Fsp3) is 0.231. The molecule has 0 unspecified atom stereocenters. The van der Waals surface area contributed by atoms with E-state index in [9.17, 15) is 9.59 Å². The Kier molecular flexibility index (Phi) is 6.99. The van der Waals surface area contributed by atoms with Crippen LogP contribution in [0.25, 0.3) is 11.3 Å². The predicted molar refractivity (Wildman–Crippen MR) is 133 cm³/mol. The number of rotatable bonds is 7. The van der Waals surface area contributed by atoms with Crippen LogP contribution in [0.4, 0.5) is 5.82 Å². The molecule has 0 spiro atoms. The molecule has 1 fully saturated rings. The van der Waals surface area contributed by atoms with Gasteiger partial charge in [-0.3, -0.25) is 9.59 Å². The van der Waals surface area contributed by atoms with Crippen LogP contribution in [0.2, 0.25) is 5.02 Å². The molecule has 10 heteroatoms. The first-order valence-corrected chi connectivity index (χ1v) is 11.9. The van der Waals surface area contributed by atoms with Gasteiger partial charge >= 0.3 is 0 Å². The van der Waals surface area contributed by atoms with Crippen LogP contribution in [0, 0.1) is 0 Å². The SMILES string of the molecule is O=C(CN(Cc1ccco1)C(=O)c1ccco1)N1CCN(c2ccc(-c3ccccc3Cl)nn2)CC1. The van der Waals surface area contributed by atoms with Gasteiger partial charge in [0.25, 0.3) is 5.91 Å². The molecule has 9 nitrogen and oxygen atoms in total.